The summed E-state index contributed by atoms with van der Waals surface area (Å²) in [6.45, 7) is 7.46. The fourth-order valence-corrected chi connectivity index (χ4v) is 5.62. The Bertz CT molecular complexity index is 498. The van der Waals surface area contributed by atoms with Crippen LogP contribution in [-0.4, -0.2) is 12.6 Å². The van der Waals surface area contributed by atoms with Gasteiger partial charge in [0.05, 0.1) is 6.61 Å². The van der Waals surface area contributed by atoms with E-state index in [1.54, 1.807) is 6.08 Å². The van der Waals surface area contributed by atoms with Crippen LogP contribution in [-0.2, 0) is 9.53 Å². The molecule has 232 valence electrons. The zero-order chi connectivity index (χ0) is 28.5. The molecule has 0 amide bonds. The van der Waals surface area contributed by atoms with Gasteiger partial charge in [-0.1, -0.05) is 187 Å². The molecule has 0 aliphatic rings. The van der Waals surface area contributed by atoms with Crippen LogP contribution in [0.3, 0.4) is 0 Å². The first-order chi connectivity index (χ1) is 19.2. The second-order valence-electron chi connectivity index (χ2n) is 12.4. The smallest absolute Gasteiger partial charge is 0.330 e. The summed E-state index contributed by atoms with van der Waals surface area (Å²) >= 11 is 0. The van der Waals surface area contributed by atoms with Gasteiger partial charge in [0, 0.05) is 6.08 Å². The van der Waals surface area contributed by atoms with Gasteiger partial charge in [0.2, 0.25) is 0 Å². The van der Waals surface area contributed by atoms with Gasteiger partial charge in [0.25, 0.3) is 0 Å². The van der Waals surface area contributed by atoms with Crippen molar-refractivity contribution in [3.63, 3.8) is 0 Å². The summed E-state index contributed by atoms with van der Waals surface area (Å²) < 4.78 is 5.72. The molecule has 0 saturated carbocycles. The summed E-state index contributed by atoms with van der Waals surface area (Å²) in [6.07, 6.45) is 42.6. The van der Waals surface area contributed by atoms with E-state index in [1.165, 1.54) is 180 Å². The van der Waals surface area contributed by atoms with Crippen LogP contribution < -0.4 is 0 Å². The summed E-state index contributed by atoms with van der Waals surface area (Å²) in [6, 6.07) is 0. The summed E-state index contributed by atoms with van der Waals surface area (Å²) in [7, 11) is 0. The fraction of sp³-hybridized carbons (Fsp3) is 0.919. The van der Waals surface area contributed by atoms with Crippen molar-refractivity contribution in [2.45, 2.75) is 207 Å². The maximum absolute atomic E-state index is 12.3. The lowest BCUT2D eigenvalue weighted by atomic mass is 9.94. The van der Waals surface area contributed by atoms with Crippen molar-refractivity contribution in [1.82, 2.24) is 0 Å². The van der Waals surface area contributed by atoms with E-state index in [0.29, 0.717) is 12.5 Å². The van der Waals surface area contributed by atoms with E-state index in [1.807, 2.05) is 6.08 Å². The summed E-state index contributed by atoms with van der Waals surface area (Å²) in [4.78, 5) is 12.3. The van der Waals surface area contributed by atoms with Crippen molar-refractivity contribution < 1.29 is 9.53 Å². The average molecular weight is 549 g/mol. The lowest BCUT2D eigenvalue weighted by molar-refractivity contribution is -0.139. The predicted octanol–water partition coefficient (Wildman–Crippen LogP) is 13.1. The molecule has 0 fully saturated rings. The summed E-state index contributed by atoms with van der Waals surface area (Å²) in [5.41, 5.74) is 0. The second-order valence-corrected chi connectivity index (χ2v) is 12.4. The third kappa shape index (κ3) is 31.6. The number of carbonyl (C=O) groups excluding carboxylic acids is 1. The minimum Gasteiger partial charge on any atom is -0.462 e. The standard InChI is InChI=1S/C37H72O2/c1-4-7-10-13-16-19-20-21-22-24-27-30-33-36(32-29-26-23-17-14-11-8-5-2)35-39-37(38)34-31-28-25-18-15-12-9-6-3/h31,34,36H,4-30,32-33,35H2,1-3H3. The lowest BCUT2D eigenvalue weighted by Crippen LogP contribution is -2.13. The van der Waals surface area contributed by atoms with Crippen molar-refractivity contribution in [3.8, 4) is 0 Å². The van der Waals surface area contributed by atoms with E-state index in [4.69, 9.17) is 4.74 Å². The number of hydrogen-bond acceptors (Lipinski definition) is 2. The molecule has 0 heterocycles. The number of allylic oxidation sites excluding steroid dienone is 1. The third-order valence-corrected chi connectivity index (χ3v) is 8.37. The number of ether oxygens (including phenoxy) is 1. The maximum Gasteiger partial charge on any atom is 0.330 e. The molecule has 1 unspecified atom stereocenters. The first kappa shape index (κ1) is 38.2. The topological polar surface area (TPSA) is 26.3 Å². The summed E-state index contributed by atoms with van der Waals surface area (Å²) in [5.74, 6) is 0.417. The van der Waals surface area contributed by atoms with Crippen LogP contribution in [0.4, 0.5) is 0 Å². The van der Waals surface area contributed by atoms with Crippen LogP contribution in [0.5, 0.6) is 0 Å². The van der Waals surface area contributed by atoms with Crippen LogP contribution in [0.15, 0.2) is 12.2 Å². The Morgan fingerprint density at radius 1 is 0.487 bits per heavy atom. The molecular formula is C37H72O2. The Labute approximate surface area is 246 Å². The molecular weight excluding hydrogens is 476 g/mol. The van der Waals surface area contributed by atoms with Gasteiger partial charge in [0.1, 0.15) is 0 Å². The van der Waals surface area contributed by atoms with Crippen LogP contribution >= 0.6 is 0 Å². The zero-order valence-corrected chi connectivity index (χ0v) is 27.3. The Hall–Kier alpha value is -0.790. The molecule has 0 aromatic carbocycles. The maximum atomic E-state index is 12.3. The first-order valence-electron chi connectivity index (χ1n) is 18.1. The minimum atomic E-state index is -0.128. The van der Waals surface area contributed by atoms with E-state index in [9.17, 15) is 4.79 Å². The summed E-state index contributed by atoms with van der Waals surface area (Å²) in [5, 5.41) is 0. The number of rotatable bonds is 32. The monoisotopic (exact) mass is 549 g/mol. The Kier molecular flexibility index (Phi) is 32.7. The molecule has 39 heavy (non-hydrogen) atoms. The van der Waals surface area contributed by atoms with Crippen molar-refractivity contribution in [2.24, 2.45) is 5.92 Å². The molecule has 0 aromatic heterocycles. The highest BCUT2D eigenvalue weighted by Gasteiger charge is 2.11. The van der Waals surface area contributed by atoms with Crippen LogP contribution in [0.1, 0.15) is 207 Å². The van der Waals surface area contributed by atoms with Gasteiger partial charge in [0.15, 0.2) is 0 Å². The fourth-order valence-electron chi connectivity index (χ4n) is 5.62. The second kappa shape index (κ2) is 33.4. The van der Waals surface area contributed by atoms with E-state index < -0.39 is 0 Å². The SMILES string of the molecule is CCCCCCCCC=CC(=O)OCC(CCCCCCCCCC)CCCCCCCCCCCCCC. The Morgan fingerprint density at radius 2 is 0.821 bits per heavy atom. The molecule has 0 aliphatic carbocycles. The highest BCUT2D eigenvalue weighted by atomic mass is 16.5. The normalized spacial score (nSPS) is 12.4. The molecule has 0 rings (SSSR count). The van der Waals surface area contributed by atoms with Crippen molar-refractivity contribution >= 4 is 5.97 Å². The van der Waals surface area contributed by atoms with Crippen molar-refractivity contribution in [2.75, 3.05) is 6.61 Å². The molecule has 2 nitrogen and oxygen atoms in total. The van der Waals surface area contributed by atoms with Gasteiger partial charge in [-0.2, -0.15) is 0 Å². The molecule has 0 radical (unpaired) electrons. The van der Waals surface area contributed by atoms with Gasteiger partial charge in [-0.25, -0.2) is 4.79 Å². The molecule has 0 aliphatic heterocycles. The van der Waals surface area contributed by atoms with Crippen LogP contribution in [0.25, 0.3) is 0 Å². The molecule has 1 atom stereocenters. The van der Waals surface area contributed by atoms with Gasteiger partial charge in [-0.3, -0.25) is 0 Å². The quantitative estimate of drug-likeness (QED) is 0.0474. The predicted molar refractivity (Wildman–Crippen MR) is 175 cm³/mol. The molecule has 2 heteroatoms. The Balaban J connectivity index is 4.07. The molecule has 0 saturated heterocycles. The number of esters is 1. The molecule has 0 aromatic rings. The highest BCUT2D eigenvalue weighted by molar-refractivity contribution is 5.81. The van der Waals surface area contributed by atoms with Gasteiger partial charge in [-0.15, -0.1) is 0 Å². The van der Waals surface area contributed by atoms with Gasteiger partial charge >= 0.3 is 5.97 Å². The van der Waals surface area contributed by atoms with Gasteiger partial charge in [-0.05, 0) is 31.6 Å². The first-order valence-corrected chi connectivity index (χ1v) is 18.1. The Morgan fingerprint density at radius 3 is 1.21 bits per heavy atom. The van der Waals surface area contributed by atoms with E-state index in [-0.39, 0.29) is 5.97 Å². The van der Waals surface area contributed by atoms with Gasteiger partial charge < -0.3 is 4.74 Å². The van der Waals surface area contributed by atoms with E-state index >= 15 is 0 Å². The molecule has 0 N–H and O–H groups in total. The highest BCUT2D eigenvalue weighted by Crippen LogP contribution is 2.20. The van der Waals surface area contributed by atoms with E-state index in [2.05, 4.69) is 20.8 Å². The number of hydrogen-bond donors (Lipinski definition) is 0. The van der Waals surface area contributed by atoms with Crippen molar-refractivity contribution in [3.05, 3.63) is 12.2 Å². The zero-order valence-electron chi connectivity index (χ0n) is 27.3. The average Bonchev–Trinajstić information content (AvgIpc) is 2.94. The molecule has 0 spiro atoms. The third-order valence-electron chi connectivity index (χ3n) is 8.37. The number of unbranched alkanes of at least 4 members (excludes halogenated alkanes) is 24. The largest absolute Gasteiger partial charge is 0.462 e. The van der Waals surface area contributed by atoms with E-state index in [0.717, 1.165) is 6.42 Å². The minimum absolute atomic E-state index is 0.128. The molecule has 0 bridgehead atoms. The number of carbonyl (C=O) groups is 1. The van der Waals surface area contributed by atoms with Crippen LogP contribution in [0, 0.1) is 5.92 Å². The lowest BCUT2D eigenvalue weighted by Gasteiger charge is -2.17. The van der Waals surface area contributed by atoms with Crippen LogP contribution in [0.2, 0.25) is 0 Å². The van der Waals surface area contributed by atoms with Crippen molar-refractivity contribution in [1.29, 1.82) is 0 Å².